The molecular formula is C20H22N4O3S. The Morgan fingerprint density at radius 2 is 2.21 bits per heavy atom. The lowest BCUT2D eigenvalue weighted by molar-refractivity contribution is 0.168. The van der Waals surface area contributed by atoms with Crippen molar-refractivity contribution in [1.29, 1.82) is 0 Å². The van der Waals surface area contributed by atoms with Gasteiger partial charge in [0, 0.05) is 23.6 Å². The third-order valence-corrected chi connectivity index (χ3v) is 6.42. The molecule has 1 saturated carbocycles. The number of anilines is 1. The van der Waals surface area contributed by atoms with Crippen LogP contribution in [0.4, 0.5) is 10.5 Å². The molecule has 28 heavy (non-hydrogen) atoms. The number of rotatable bonds is 6. The van der Waals surface area contributed by atoms with Crippen LogP contribution in [0.1, 0.15) is 26.2 Å². The van der Waals surface area contributed by atoms with E-state index in [0.717, 1.165) is 27.4 Å². The number of ether oxygens (including phenoxy) is 1. The highest BCUT2D eigenvalue weighted by molar-refractivity contribution is 7.91. The van der Waals surface area contributed by atoms with E-state index in [4.69, 9.17) is 4.74 Å². The van der Waals surface area contributed by atoms with E-state index in [2.05, 4.69) is 15.3 Å². The lowest BCUT2D eigenvalue weighted by Gasteiger charge is -2.25. The Bertz CT molecular complexity index is 986. The molecule has 1 unspecified atom stereocenters. The molecule has 0 radical (unpaired) electrons. The number of nitrogens with one attached hydrogen (secondary N) is 1. The molecule has 1 aliphatic rings. The largest absolute Gasteiger partial charge is 0.611 e. The number of hydrogen-bond donors (Lipinski definition) is 1. The van der Waals surface area contributed by atoms with Gasteiger partial charge in [-0.25, -0.2) is 9.78 Å². The highest BCUT2D eigenvalue weighted by atomic mass is 32.2. The van der Waals surface area contributed by atoms with E-state index < -0.39 is 17.3 Å². The normalized spacial score (nSPS) is 15.2. The summed E-state index contributed by atoms with van der Waals surface area (Å²) in [4.78, 5) is 21.1. The van der Waals surface area contributed by atoms with Gasteiger partial charge in [-0.15, -0.1) is 0 Å². The van der Waals surface area contributed by atoms with Gasteiger partial charge in [-0.05, 0) is 43.1 Å². The van der Waals surface area contributed by atoms with Crippen molar-refractivity contribution in [3.63, 3.8) is 0 Å². The first-order valence-electron chi connectivity index (χ1n) is 9.38. The lowest BCUT2D eigenvalue weighted by atomic mass is 9.87. The Balaban J connectivity index is 1.57. The number of fused-ring (bicyclic) bond motifs is 1. The molecule has 0 aliphatic heterocycles. The number of hydrogen-bond acceptors (Lipinski definition) is 5. The van der Waals surface area contributed by atoms with E-state index >= 15 is 0 Å². The predicted molar refractivity (Wildman–Crippen MR) is 108 cm³/mol. The molecule has 1 fully saturated rings. The number of aromatic nitrogens is 3. The van der Waals surface area contributed by atoms with Crippen LogP contribution in [-0.4, -0.2) is 37.5 Å². The quantitative estimate of drug-likeness (QED) is 0.636. The van der Waals surface area contributed by atoms with Crippen LogP contribution in [-0.2, 0) is 15.9 Å². The van der Waals surface area contributed by atoms with E-state index in [1.807, 2.05) is 22.9 Å². The Morgan fingerprint density at radius 3 is 2.96 bits per heavy atom. The highest BCUT2D eigenvalue weighted by Crippen LogP contribution is 2.30. The van der Waals surface area contributed by atoms with Crippen molar-refractivity contribution < 1.29 is 14.1 Å². The number of carbonyl (C=O) groups excluding carboxylic acids is 1. The highest BCUT2D eigenvalue weighted by Gasteiger charge is 2.25. The molecule has 1 aliphatic carbocycles. The summed E-state index contributed by atoms with van der Waals surface area (Å²) in [6.07, 6.45) is 9.93. The predicted octanol–water partition coefficient (Wildman–Crippen LogP) is 3.90. The van der Waals surface area contributed by atoms with Crippen molar-refractivity contribution in [2.24, 2.45) is 5.92 Å². The second kappa shape index (κ2) is 8.20. The second-order valence-corrected chi connectivity index (χ2v) is 8.35. The van der Waals surface area contributed by atoms with E-state index in [0.29, 0.717) is 18.2 Å². The maximum absolute atomic E-state index is 12.6. The molecule has 8 heteroatoms. The van der Waals surface area contributed by atoms with Gasteiger partial charge in [-0.2, -0.15) is 0 Å². The zero-order chi connectivity index (χ0) is 19.5. The van der Waals surface area contributed by atoms with Crippen molar-refractivity contribution >= 4 is 34.0 Å². The maximum atomic E-state index is 12.6. The van der Waals surface area contributed by atoms with Crippen LogP contribution < -0.4 is 5.32 Å². The molecule has 0 spiro atoms. The Labute approximate surface area is 166 Å². The van der Waals surface area contributed by atoms with Crippen LogP contribution in [0.2, 0.25) is 0 Å². The average molecular weight is 398 g/mol. The lowest BCUT2D eigenvalue weighted by Crippen LogP contribution is -2.22. The van der Waals surface area contributed by atoms with Gasteiger partial charge < -0.3 is 9.29 Å². The van der Waals surface area contributed by atoms with Gasteiger partial charge in [0.05, 0.1) is 36.6 Å². The van der Waals surface area contributed by atoms with Crippen molar-refractivity contribution in [2.75, 3.05) is 17.7 Å². The number of carbonyl (C=O) groups is 1. The van der Waals surface area contributed by atoms with Gasteiger partial charge in [0.1, 0.15) is 11.4 Å². The van der Waals surface area contributed by atoms with Gasteiger partial charge in [-0.1, -0.05) is 6.42 Å². The van der Waals surface area contributed by atoms with Gasteiger partial charge in [0.15, 0.2) is 4.90 Å². The average Bonchev–Trinajstić information content (AvgIpc) is 3.08. The molecule has 3 aromatic rings. The molecule has 1 N–H and O–H groups in total. The molecule has 0 bridgehead atoms. The summed E-state index contributed by atoms with van der Waals surface area (Å²) in [5.41, 5.74) is 2.05. The molecule has 3 heterocycles. The van der Waals surface area contributed by atoms with Crippen molar-refractivity contribution in [3.8, 4) is 5.69 Å². The molecule has 1 amide bonds. The molecule has 0 saturated heterocycles. The van der Waals surface area contributed by atoms with Gasteiger partial charge in [0.2, 0.25) is 0 Å². The van der Waals surface area contributed by atoms with Crippen molar-refractivity contribution in [2.45, 2.75) is 31.1 Å². The van der Waals surface area contributed by atoms with E-state index in [9.17, 15) is 9.35 Å². The van der Waals surface area contributed by atoms with Gasteiger partial charge >= 0.3 is 6.09 Å². The smallest absolute Gasteiger partial charge is 0.411 e. The van der Waals surface area contributed by atoms with Gasteiger partial charge in [0.25, 0.3) is 0 Å². The first-order chi connectivity index (χ1) is 13.6. The van der Waals surface area contributed by atoms with Crippen molar-refractivity contribution in [3.05, 3.63) is 43.0 Å². The first-order valence-corrected chi connectivity index (χ1v) is 10.7. The third kappa shape index (κ3) is 3.98. The summed E-state index contributed by atoms with van der Waals surface area (Å²) in [7, 11) is 0. The zero-order valence-corrected chi connectivity index (χ0v) is 16.4. The zero-order valence-electron chi connectivity index (χ0n) is 15.6. The Hall–Kier alpha value is -2.58. The summed E-state index contributed by atoms with van der Waals surface area (Å²) in [5.74, 6) is 1.31. The summed E-state index contributed by atoms with van der Waals surface area (Å²) in [6, 6.07) is 5.69. The summed E-state index contributed by atoms with van der Waals surface area (Å²) >= 11 is -1.01. The van der Waals surface area contributed by atoms with Gasteiger partial charge in [-0.3, -0.25) is 14.9 Å². The minimum atomic E-state index is -1.01. The molecule has 1 atom stereocenters. The SMILES string of the molecule is CCOC(=O)Nc1cncc(-n2ccc3cc([S+]([O-])CC4CCC4)cnc32)c1. The second-order valence-electron chi connectivity index (χ2n) is 6.86. The maximum Gasteiger partial charge on any atom is 0.411 e. The minimum Gasteiger partial charge on any atom is -0.611 e. The van der Waals surface area contributed by atoms with E-state index in [-0.39, 0.29) is 0 Å². The number of amides is 1. The number of pyridine rings is 2. The summed E-state index contributed by atoms with van der Waals surface area (Å²) in [6.45, 7) is 2.05. The summed E-state index contributed by atoms with van der Waals surface area (Å²) < 4.78 is 19.4. The fraction of sp³-hybridized carbons (Fsp3) is 0.350. The van der Waals surface area contributed by atoms with E-state index in [1.165, 1.54) is 19.3 Å². The van der Waals surface area contributed by atoms with Crippen LogP contribution in [0.5, 0.6) is 0 Å². The fourth-order valence-electron chi connectivity index (χ4n) is 3.22. The standard InChI is InChI=1S/C20H22N4O3S/c1-2-27-20(25)23-16-9-17(11-21-10-16)24-7-6-15-8-18(12-22-19(15)24)28(26)13-14-4-3-5-14/h6-12,14H,2-5,13H2,1H3,(H,23,25). The van der Waals surface area contributed by atoms with Crippen molar-refractivity contribution in [1.82, 2.24) is 14.5 Å². The van der Waals surface area contributed by atoms with Crippen LogP contribution in [0, 0.1) is 5.92 Å². The summed E-state index contributed by atoms with van der Waals surface area (Å²) in [5, 5.41) is 3.57. The third-order valence-electron chi connectivity index (χ3n) is 4.90. The van der Waals surface area contributed by atoms with Crippen LogP contribution >= 0.6 is 0 Å². The molecular weight excluding hydrogens is 376 g/mol. The molecule has 146 valence electrons. The minimum absolute atomic E-state index is 0.301. The first kappa shape index (κ1) is 18.8. The topological polar surface area (TPSA) is 92.1 Å². The monoisotopic (exact) mass is 398 g/mol. The number of nitrogens with zero attached hydrogens (tertiary/aromatic N) is 3. The Morgan fingerprint density at radius 1 is 1.36 bits per heavy atom. The van der Waals surface area contributed by atoms with Crippen LogP contribution in [0.3, 0.4) is 0 Å². The fourth-order valence-corrected chi connectivity index (χ4v) is 4.60. The molecule has 7 nitrogen and oxygen atoms in total. The Kier molecular flexibility index (Phi) is 5.50. The van der Waals surface area contributed by atoms with Crippen LogP contribution in [0.15, 0.2) is 47.9 Å². The molecule has 0 aromatic carbocycles. The van der Waals surface area contributed by atoms with E-state index in [1.54, 1.807) is 31.6 Å². The molecule has 4 rings (SSSR count). The molecule has 3 aromatic heterocycles. The van der Waals surface area contributed by atoms with Crippen LogP contribution in [0.25, 0.3) is 16.7 Å².